The van der Waals surface area contributed by atoms with Gasteiger partial charge in [-0.2, -0.15) is 5.10 Å². The lowest BCUT2D eigenvalue weighted by Crippen LogP contribution is -2.24. The van der Waals surface area contributed by atoms with Gasteiger partial charge in [-0.15, -0.1) is 0 Å². The van der Waals surface area contributed by atoms with Crippen LogP contribution in [0.2, 0.25) is 10.0 Å². The zero-order chi connectivity index (χ0) is 13.8. The fourth-order valence-corrected chi connectivity index (χ4v) is 1.87. The van der Waals surface area contributed by atoms with E-state index in [0.717, 1.165) is 12.0 Å². The quantitative estimate of drug-likeness (QED) is 0.907. The van der Waals surface area contributed by atoms with Gasteiger partial charge in [0.2, 0.25) is 0 Å². The second-order valence-electron chi connectivity index (χ2n) is 4.05. The van der Waals surface area contributed by atoms with Crippen molar-refractivity contribution in [2.75, 3.05) is 6.54 Å². The first kappa shape index (κ1) is 13.9. The van der Waals surface area contributed by atoms with Crippen molar-refractivity contribution in [3.63, 3.8) is 0 Å². The van der Waals surface area contributed by atoms with Gasteiger partial charge in [-0.3, -0.25) is 9.89 Å². The predicted molar refractivity (Wildman–Crippen MR) is 76.7 cm³/mol. The number of nitrogens with zero attached hydrogens (tertiary/aromatic N) is 1. The first-order chi connectivity index (χ1) is 9.11. The van der Waals surface area contributed by atoms with Crippen LogP contribution < -0.4 is 5.32 Å². The van der Waals surface area contributed by atoms with Gasteiger partial charge in [0.1, 0.15) is 5.69 Å². The molecule has 1 amide bonds. The molecule has 6 heteroatoms. The smallest absolute Gasteiger partial charge is 0.269 e. The number of aromatic nitrogens is 2. The number of carbonyl (C=O) groups is 1. The topological polar surface area (TPSA) is 57.8 Å². The molecule has 2 rings (SSSR count). The molecule has 0 atom stereocenters. The maximum absolute atomic E-state index is 11.7. The number of benzene rings is 1. The Morgan fingerprint density at radius 2 is 2.11 bits per heavy atom. The van der Waals surface area contributed by atoms with Gasteiger partial charge in [0.05, 0.1) is 15.7 Å². The van der Waals surface area contributed by atoms with Crippen LogP contribution in [0.25, 0.3) is 11.3 Å². The van der Waals surface area contributed by atoms with Crippen LogP contribution in [0, 0.1) is 0 Å². The summed E-state index contributed by atoms with van der Waals surface area (Å²) in [5, 5.41) is 10.5. The molecule has 2 N–H and O–H groups in total. The minimum absolute atomic E-state index is 0.166. The standard InChI is InChI=1S/C13H13Cl2N3O/c1-2-5-16-13(19)12-7-11(17-18-12)8-3-4-9(14)10(15)6-8/h3-4,6-7H,2,5H2,1H3,(H,16,19)(H,17,18). The summed E-state index contributed by atoms with van der Waals surface area (Å²) >= 11 is 11.8. The van der Waals surface area contributed by atoms with E-state index in [1.807, 2.05) is 6.92 Å². The maximum Gasteiger partial charge on any atom is 0.269 e. The number of halogens is 2. The van der Waals surface area contributed by atoms with Crippen LogP contribution in [-0.4, -0.2) is 22.6 Å². The number of rotatable bonds is 4. The van der Waals surface area contributed by atoms with Gasteiger partial charge < -0.3 is 5.32 Å². The Morgan fingerprint density at radius 1 is 1.32 bits per heavy atom. The number of nitrogens with one attached hydrogen (secondary N) is 2. The molecule has 1 aromatic heterocycles. The summed E-state index contributed by atoms with van der Waals surface area (Å²) in [7, 11) is 0. The molecule has 1 aromatic carbocycles. The van der Waals surface area contributed by atoms with Crippen molar-refractivity contribution in [1.82, 2.24) is 15.5 Å². The van der Waals surface area contributed by atoms with Crippen molar-refractivity contribution in [2.24, 2.45) is 0 Å². The number of carbonyl (C=O) groups excluding carboxylic acids is 1. The lowest BCUT2D eigenvalue weighted by molar-refractivity contribution is 0.0948. The van der Waals surface area contributed by atoms with E-state index in [1.54, 1.807) is 24.3 Å². The number of aromatic amines is 1. The van der Waals surface area contributed by atoms with Crippen LogP contribution in [-0.2, 0) is 0 Å². The highest BCUT2D eigenvalue weighted by Crippen LogP contribution is 2.27. The molecule has 4 nitrogen and oxygen atoms in total. The summed E-state index contributed by atoms with van der Waals surface area (Å²) in [4.78, 5) is 11.7. The lowest BCUT2D eigenvalue weighted by Gasteiger charge is -1.99. The van der Waals surface area contributed by atoms with E-state index in [4.69, 9.17) is 23.2 Å². The van der Waals surface area contributed by atoms with E-state index in [-0.39, 0.29) is 5.91 Å². The van der Waals surface area contributed by atoms with Crippen LogP contribution in [0.5, 0.6) is 0 Å². The van der Waals surface area contributed by atoms with E-state index >= 15 is 0 Å². The van der Waals surface area contributed by atoms with Crippen LogP contribution in [0.4, 0.5) is 0 Å². The third-order valence-corrected chi connectivity index (χ3v) is 3.31. The van der Waals surface area contributed by atoms with Gasteiger partial charge in [0, 0.05) is 12.1 Å². The molecule has 0 unspecified atom stereocenters. The first-order valence-corrected chi connectivity index (χ1v) is 6.66. The Hall–Kier alpha value is -1.52. The molecule has 0 aliphatic heterocycles. The van der Waals surface area contributed by atoms with Gasteiger partial charge in [-0.1, -0.05) is 36.2 Å². The summed E-state index contributed by atoms with van der Waals surface area (Å²) in [6, 6.07) is 6.90. The zero-order valence-corrected chi connectivity index (χ0v) is 11.8. The molecule has 0 bridgehead atoms. The number of hydrogen-bond acceptors (Lipinski definition) is 2. The van der Waals surface area contributed by atoms with E-state index in [0.29, 0.717) is 28.0 Å². The zero-order valence-electron chi connectivity index (χ0n) is 10.3. The minimum atomic E-state index is -0.166. The SMILES string of the molecule is CCCNC(=O)c1cc(-c2ccc(Cl)c(Cl)c2)n[nH]1. The van der Waals surface area contributed by atoms with Crippen LogP contribution >= 0.6 is 23.2 Å². The molecule has 0 radical (unpaired) electrons. The second-order valence-corrected chi connectivity index (χ2v) is 4.87. The van der Waals surface area contributed by atoms with Gasteiger partial charge >= 0.3 is 0 Å². The van der Waals surface area contributed by atoms with Crippen molar-refractivity contribution in [1.29, 1.82) is 0 Å². The normalized spacial score (nSPS) is 10.5. The average molecular weight is 298 g/mol. The maximum atomic E-state index is 11.7. The Balaban J connectivity index is 2.20. The molecule has 0 aliphatic rings. The van der Waals surface area contributed by atoms with E-state index in [2.05, 4.69) is 15.5 Å². The molecule has 0 saturated heterocycles. The predicted octanol–water partition coefficient (Wildman–Crippen LogP) is 3.52. The lowest BCUT2D eigenvalue weighted by atomic mass is 10.1. The summed E-state index contributed by atoms with van der Waals surface area (Å²) in [6.45, 7) is 2.63. The highest BCUT2D eigenvalue weighted by molar-refractivity contribution is 6.42. The number of H-pyrrole nitrogens is 1. The molecule has 0 saturated carbocycles. The molecule has 0 fully saturated rings. The van der Waals surface area contributed by atoms with Crippen molar-refractivity contribution in [2.45, 2.75) is 13.3 Å². The van der Waals surface area contributed by atoms with Crippen molar-refractivity contribution in [3.05, 3.63) is 40.0 Å². The summed E-state index contributed by atoms with van der Waals surface area (Å²) in [6.07, 6.45) is 0.888. The van der Waals surface area contributed by atoms with Crippen molar-refractivity contribution >= 4 is 29.1 Å². The fourth-order valence-electron chi connectivity index (χ4n) is 1.58. The van der Waals surface area contributed by atoms with Gasteiger partial charge in [-0.05, 0) is 24.6 Å². The second kappa shape index (κ2) is 6.08. The monoisotopic (exact) mass is 297 g/mol. The van der Waals surface area contributed by atoms with Gasteiger partial charge in [0.25, 0.3) is 5.91 Å². The number of hydrogen-bond donors (Lipinski definition) is 2. The van der Waals surface area contributed by atoms with Crippen LogP contribution in [0.15, 0.2) is 24.3 Å². The Labute approximate surface area is 121 Å². The molecular formula is C13H13Cl2N3O. The largest absolute Gasteiger partial charge is 0.351 e. The Kier molecular flexibility index (Phi) is 4.45. The molecule has 0 aliphatic carbocycles. The highest BCUT2D eigenvalue weighted by Gasteiger charge is 2.11. The van der Waals surface area contributed by atoms with E-state index < -0.39 is 0 Å². The summed E-state index contributed by atoms with van der Waals surface area (Å²) in [5.41, 5.74) is 1.88. The van der Waals surface area contributed by atoms with E-state index in [1.165, 1.54) is 0 Å². The highest BCUT2D eigenvalue weighted by atomic mass is 35.5. The van der Waals surface area contributed by atoms with Crippen LogP contribution in [0.3, 0.4) is 0 Å². The third-order valence-electron chi connectivity index (χ3n) is 2.57. The molecule has 1 heterocycles. The van der Waals surface area contributed by atoms with E-state index in [9.17, 15) is 4.79 Å². The number of amides is 1. The van der Waals surface area contributed by atoms with Crippen LogP contribution in [0.1, 0.15) is 23.8 Å². The third kappa shape index (κ3) is 3.28. The average Bonchev–Trinajstić information content (AvgIpc) is 2.89. The Bertz CT molecular complexity index is 595. The molecule has 100 valence electrons. The molecule has 2 aromatic rings. The van der Waals surface area contributed by atoms with Crippen molar-refractivity contribution < 1.29 is 4.79 Å². The molecule has 19 heavy (non-hydrogen) atoms. The summed E-state index contributed by atoms with van der Waals surface area (Å²) in [5.74, 6) is -0.166. The van der Waals surface area contributed by atoms with Crippen molar-refractivity contribution in [3.8, 4) is 11.3 Å². The minimum Gasteiger partial charge on any atom is -0.351 e. The molecule has 0 spiro atoms. The molecular weight excluding hydrogens is 285 g/mol. The fraction of sp³-hybridized carbons (Fsp3) is 0.231. The van der Waals surface area contributed by atoms with Gasteiger partial charge in [-0.25, -0.2) is 0 Å². The Morgan fingerprint density at radius 3 is 2.79 bits per heavy atom. The first-order valence-electron chi connectivity index (χ1n) is 5.91. The summed E-state index contributed by atoms with van der Waals surface area (Å²) < 4.78 is 0. The van der Waals surface area contributed by atoms with Gasteiger partial charge in [0.15, 0.2) is 0 Å².